The van der Waals surface area contributed by atoms with Gasteiger partial charge in [0.1, 0.15) is 0 Å². The minimum Gasteiger partial charge on any atom is -0.295 e. The topological polar surface area (TPSA) is 17.1 Å². The Hall–Kier alpha value is -0.660. The molecule has 0 rings (SSSR count). The van der Waals surface area contributed by atoms with Gasteiger partial charge in [-0.2, -0.15) is 0 Å². The van der Waals surface area contributed by atoms with Crippen LogP contribution >= 0.6 is 0 Å². The molecule has 0 aliphatic heterocycles. The number of hydrogen-bond donors (Lipinski definition) is 0. The molecule has 0 unspecified atom stereocenters. The molecule has 1 nitrogen and oxygen atoms in total. The fraction of sp³-hybridized carbons (Fsp3) is 0.625. The van der Waals surface area contributed by atoms with Crippen LogP contribution in [-0.4, -0.2) is 6.29 Å². The van der Waals surface area contributed by atoms with Crippen LogP contribution in [0.4, 0.5) is 4.39 Å². The Kier molecular flexibility index (Phi) is 6.03. The van der Waals surface area contributed by atoms with E-state index in [0.717, 1.165) is 19.3 Å². The maximum absolute atomic E-state index is 12.1. The van der Waals surface area contributed by atoms with Crippen molar-refractivity contribution in [1.29, 1.82) is 0 Å². The third kappa shape index (κ3) is 5.48. The van der Waals surface area contributed by atoms with Gasteiger partial charge in [-0.25, -0.2) is 4.39 Å². The zero-order chi connectivity index (χ0) is 7.82. The Morgan fingerprint density at radius 3 is 2.70 bits per heavy atom. The summed E-state index contributed by atoms with van der Waals surface area (Å²) in [5, 5.41) is 0. The molecule has 0 atom stereocenters. The van der Waals surface area contributed by atoms with E-state index < -0.39 is 5.83 Å². The summed E-state index contributed by atoms with van der Waals surface area (Å²) in [6, 6.07) is 0. The van der Waals surface area contributed by atoms with E-state index in [2.05, 4.69) is 6.92 Å². The molecule has 0 amide bonds. The SMILES string of the molecule is CCCCCC=C(F)C=O. The number of rotatable bonds is 5. The first-order valence-corrected chi connectivity index (χ1v) is 3.62. The first kappa shape index (κ1) is 9.34. The Bertz CT molecular complexity index is 118. The largest absolute Gasteiger partial charge is 0.295 e. The second-order valence-electron chi connectivity index (χ2n) is 2.20. The summed E-state index contributed by atoms with van der Waals surface area (Å²) < 4.78 is 12.1. The van der Waals surface area contributed by atoms with Crippen LogP contribution < -0.4 is 0 Å². The molecule has 0 aliphatic carbocycles. The molecule has 58 valence electrons. The van der Waals surface area contributed by atoms with Crippen molar-refractivity contribution >= 4 is 6.29 Å². The van der Waals surface area contributed by atoms with E-state index in [4.69, 9.17) is 0 Å². The normalized spacial score (nSPS) is 11.6. The van der Waals surface area contributed by atoms with Crippen LogP contribution in [0.1, 0.15) is 32.6 Å². The van der Waals surface area contributed by atoms with Gasteiger partial charge in [0.15, 0.2) is 12.1 Å². The van der Waals surface area contributed by atoms with Gasteiger partial charge in [-0.15, -0.1) is 0 Å². The van der Waals surface area contributed by atoms with Crippen LogP contribution in [0.15, 0.2) is 11.9 Å². The van der Waals surface area contributed by atoms with Gasteiger partial charge in [0.2, 0.25) is 0 Å². The van der Waals surface area contributed by atoms with Crippen LogP contribution in [0.3, 0.4) is 0 Å². The number of aldehydes is 1. The van der Waals surface area contributed by atoms with Gasteiger partial charge in [0.05, 0.1) is 0 Å². The standard InChI is InChI=1S/C8H13FO/c1-2-3-4-5-6-8(9)7-10/h6-7H,2-5H2,1H3. The van der Waals surface area contributed by atoms with Crippen molar-refractivity contribution in [1.82, 2.24) is 0 Å². The highest BCUT2D eigenvalue weighted by atomic mass is 19.1. The summed E-state index contributed by atoms with van der Waals surface area (Å²) >= 11 is 0. The Labute approximate surface area is 60.9 Å². The predicted molar refractivity (Wildman–Crippen MR) is 39.4 cm³/mol. The van der Waals surface area contributed by atoms with E-state index in [1.807, 2.05) is 0 Å². The van der Waals surface area contributed by atoms with Gasteiger partial charge < -0.3 is 0 Å². The van der Waals surface area contributed by atoms with Crippen LogP contribution in [0.25, 0.3) is 0 Å². The molecule has 0 heterocycles. The number of hydrogen-bond acceptors (Lipinski definition) is 1. The van der Waals surface area contributed by atoms with Crippen LogP contribution in [0.2, 0.25) is 0 Å². The van der Waals surface area contributed by atoms with Crippen LogP contribution in [0.5, 0.6) is 0 Å². The lowest BCUT2D eigenvalue weighted by molar-refractivity contribution is -0.106. The van der Waals surface area contributed by atoms with Gasteiger partial charge >= 0.3 is 0 Å². The van der Waals surface area contributed by atoms with Crippen LogP contribution in [0, 0.1) is 0 Å². The molecule has 2 heteroatoms. The molecule has 0 aromatic heterocycles. The quantitative estimate of drug-likeness (QED) is 0.329. The summed E-state index contributed by atoms with van der Waals surface area (Å²) in [4.78, 5) is 9.73. The lowest BCUT2D eigenvalue weighted by Gasteiger charge is -1.90. The highest BCUT2D eigenvalue weighted by molar-refractivity contribution is 5.69. The maximum Gasteiger partial charge on any atom is 0.178 e. The van der Waals surface area contributed by atoms with Crippen molar-refractivity contribution in [3.05, 3.63) is 11.9 Å². The molecule has 0 saturated heterocycles. The summed E-state index contributed by atoms with van der Waals surface area (Å²) in [6.45, 7) is 2.08. The lowest BCUT2D eigenvalue weighted by Crippen LogP contribution is -1.75. The first-order valence-electron chi connectivity index (χ1n) is 3.62. The van der Waals surface area contributed by atoms with Crippen molar-refractivity contribution in [2.24, 2.45) is 0 Å². The highest BCUT2D eigenvalue weighted by Gasteiger charge is 1.88. The second-order valence-corrected chi connectivity index (χ2v) is 2.20. The number of allylic oxidation sites excluding steroid dienone is 2. The fourth-order valence-electron chi connectivity index (χ4n) is 0.682. The van der Waals surface area contributed by atoms with Crippen molar-refractivity contribution in [2.75, 3.05) is 0 Å². The third-order valence-corrected chi connectivity index (χ3v) is 1.26. The number of carbonyl (C=O) groups excluding carboxylic acids is 1. The Balaban J connectivity index is 3.24. The molecular formula is C8H13FO. The molecule has 0 bridgehead atoms. The molecule has 0 saturated carbocycles. The lowest BCUT2D eigenvalue weighted by atomic mass is 10.2. The van der Waals surface area contributed by atoms with Gasteiger partial charge in [0, 0.05) is 0 Å². The average molecular weight is 144 g/mol. The van der Waals surface area contributed by atoms with E-state index in [1.54, 1.807) is 0 Å². The Morgan fingerprint density at radius 2 is 2.20 bits per heavy atom. The summed E-state index contributed by atoms with van der Waals surface area (Å²) in [7, 11) is 0. The average Bonchev–Trinajstić information content (AvgIpc) is 1.98. The number of halogens is 1. The van der Waals surface area contributed by atoms with E-state index in [-0.39, 0.29) is 6.29 Å². The van der Waals surface area contributed by atoms with Gasteiger partial charge in [-0.3, -0.25) is 4.79 Å². The van der Waals surface area contributed by atoms with E-state index in [1.165, 1.54) is 6.08 Å². The molecule has 0 fully saturated rings. The smallest absolute Gasteiger partial charge is 0.178 e. The zero-order valence-corrected chi connectivity index (χ0v) is 6.27. The van der Waals surface area contributed by atoms with Crippen molar-refractivity contribution in [2.45, 2.75) is 32.6 Å². The molecule has 0 radical (unpaired) electrons. The van der Waals surface area contributed by atoms with Crippen molar-refractivity contribution in [3.63, 3.8) is 0 Å². The predicted octanol–water partition coefficient (Wildman–Crippen LogP) is 2.62. The van der Waals surface area contributed by atoms with E-state index in [9.17, 15) is 9.18 Å². The van der Waals surface area contributed by atoms with Gasteiger partial charge in [-0.1, -0.05) is 19.8 Å². The molecule has 0 aliphatic rings. The maximum atomic E-state index is 12.1. The van der Waals surface area contributed by atoms with Crippen molar-refractivity contribution < 1.29 is 9.18 Å². The fourth-order valence-corrected chi connectivity index (χ4v) is 0.682. The highest BCUT2D eigenvalue weighted by Crippen LogP contribution is 2.02. The van der Waals surface area contributed by atoms with Crippen molar-refractivity contribution in [3.8, 4) is 0 Å². The Morgan fingerprint density at radius 1 is 1.50 bits per heavy atom. The summed E-state index contributed by atoms with van der Waals surface area (Å²) in [5.74, 6) is -0.642. The molecule has 0 aromatic carbocycles. The summed E-state index contributed by atoms with van der Waals surface area (Å²) in [5.41, 5.74) is 0. The summed E-state index contributed by atoms with van der Waals surface area (Å²) in [6.07, 6.45) is 5.45. The number of carbonyl (C=O) groups is 1. The minimum absolute atomic E-state index is 0.242. The molecule has 0 N–H and O–H groups in total. The molecule has 0 spiro atoms. The van der Waals surface area contributed by atoms with E-state index >= 15 is 0 Å². The minimum atomic E-state index is -0.642. The second kappa shape index (κ2) is 6.46. The first-order chi connectivity index (χ1) is 4.81. The van der Waals surface area contributed by atoms with Gasteiger partial charge in [0.25, 0.3) is 0 Å². The van der Waals surface area contributed by atoms with Gasteiger partial charge in [-0.05, 0) is 18.9 Å². The molecular weight excluding hydrogens is 131 g/mol. The van der Waals surface area contributed by atoms with Crippen LogP contribution in [-0.2, 0) is 4.79 Å². The number of unbranched alkanes of at least 4 members (excludes halogenated alkanes) is 3. The third-order valence-electron chi connectivity index (χ3n) is 1.26. The molecule has 10 heavy (non-hydrogen) atoms. The zero-order valence-electron chi connectivity index (χ0n) is 6.27. The monoisotopic (exact) mass is 144 g/mol. The molecule has 0 aromatic rings. The van der Waals surface area contributed by atoms with E-state index in [0.29, 0.717) is 6.42 Å².